The number of halogens is 1. The summed E-state index contributed by atoms with van der Waals surface area (Å²) in [4.78, 5) is 0. The summed E-state index contributed by atoms with van der Waals surface area (Å²) in [6, 6.07) is -0.876. The average Bonchev–Trinajstić information content (AvgIpc) is 1.83. The fourth-order valence-electron chi connectivity index (χ4n) is 0.898. The van der Waals surface area contributed by atoms with Crippen LogP contribution in [0, 0.1) is 0 Å². The molecule has 12 heavy (non-hydrogen) atoms. The van der Waals surface area contributed by atoms with E-state index >= 15 is 0 Å². The summed E-state index contributed by atoms with van der Waals surface area (Å²) in [6.07, 6.45) is 0.541. The normalized spacial score (nSPS) is 13.0. The third-order valence-corrected chi connectivity index (χ3v) is 7.55. The Morgan fingerprint density at radius 2 is 1.42 bits per heavy atom. The topological polar surface area (TPSA) is 18.5 Å². The summed E-state index contributed by atoms with van der Waals surface area (Å²) in [6.45, 7) is 10.3. The largest absolute Gasteiger partial charge is 0.408 e. The van der Waals surface area contributed by atoms with Gasteiger partial charge in [0.25, 0.3) is 0 Å². The maximum Gasteiger partial charge on any atom is 0.408 e. The Morgan fingerprint density at radius 1 is 1.08 bits per heavy atom. The second-order valence-corrected chi connectivity index (χ2v) is 10.8. The van der Waals surface area contributed by atoms with Crippen LogP contribution >= 0.6 is 21.8 Å². The Hall–Kier alpha value is 0.867. The summed E-state index contributed by atoms with van der Waals surface area (Å²) in [5.74, 6) is 0. The highest BCUT2D eigenvalue weighted by Gasteiger charge is 2.34. The predicted molar refractivity (Wildman–Crippen MR) is 62.7 cm³/mol. The molecule has 0 N–H and O–H groups in total. The zero-order valence-electron chi connectivity index (χ0n) is 8.56. The lowest BCUT2D eigenvalue weighted by molar-refractivity contribution is 0.127. The van der Waals surface area contributed by atoms with Gasteiger partial charge in [0.15, 0.2) is 0 Å². The first-order chi connectivity index (χ1) is 5.39. The first-order valence-corrected chi connectivity index (χ1v) is 9.58. The predicted octanol–water partition coefficient (Wildman–Crippen LogP) is 3.23. The second-order valence-electron chi connectivity index (χ2n) is 3.35. The molecule has 0 aliphatic rings. The van der Waals surface area contributed by atoms with Crippen molar-refractivity contribution < 1.29 is 8.85 Å². The Kier molecular flexibility index (Phi) is 5.97. The third kappa shape index (κ3) is 5.50. The smallest absolute Gasteiger partial charge is 0.385 e. The van der Waals surface area contributed by atoms with E-state index in [1.165, 1.54) is 0 Å². The lowest BCUT2D eigenvalue weighted by atomic mass is 10.5. The molecule has 0 saturated carbocycles. The van der Waals surface area contributed by atoms with E-state index in [1.807, 2.05) is 0 Å². The molecular weight excluding hydrogens is 283 g/mol. The molecule has 74 valence electrons. The van der Waals surface area contributed by atoms with E-state index in [-0.39, 0.29) is 12.2 Å². The molecule has 0 fully saturated rings. The molecule has 2 nitrogen and oxygen atoms in total. The Bertz CT molecular complexity index is 118. The zero-order valence-corrected chi connectivity index (χ0v) is 11.7. The highest BCUT2D eigenvalue weighted by Crippen LogP contribution is 2.24. The van der Waals surface area contributed by atoms with Gasteiger partial charge in [0.1, 0.15) is 0 Å². The van der Waals surface area contributed by atoms with Gasteiger partial charge in [0, 0.05) is 12.2 Å². The minimum Gasteiger partial charge on any atom is -0.385 e. The van der Waals surface area contributed by atoms with Gasteiger partial charge < -0.3 is 8.85 Å². The van der Waals surface area contributed by atoms with E-state index in [4.69, 9.17) is 8.85 Å². The molecule has 0 aliphatic heterocycles. The average molecular weight is 302 g/mol. The Morgan fingerprint density at radius 3 is 1.58 bits per heavy atom. The van der Waals surface area contributed by atoms with Gasteiger partial charge in [-0.1, -0.05) is 6.92 Å². The summed E-state index contributed by atoms with van der Waals surface area (Å²) >= 11 is 2.36. The standard InChI is InChI=1S/C8H19IO2Si/c1-6-12(9,10-7(2)3)11-8(4)5/h7-8H,6H2,1-5H3. The van der Waals surface area contributed by atoms with E-state index in [2.05, 4.69) is 56.4 Å². The molecule has 0 radical (unpaired) electrons. The van der Waals surface area contributed by atoms with Gasteiger partial charge in [-0.3, -0.25) is 0 Å². The van der Waals surface area contributed by atoms with Crippen molar-refractivity contribution in [1.29, 1.82) is 0 Å². The molecule has 0 bridgehead atoms. The van der Waals surface area contributed by atoms with Crippen molar-refractivity contribution in [2.45, 2.75) is 52.9 Å². The summed E-state index contributed by atoms with van der Waals surface area (Å²) < 4.78 is 11.6. The number of rotatable bonds is 5. The van der Waals surface area contributed by atoms with Gasteiger partial charge in [0.2, 0.25) is 0 Å². The molecule has 4 heteroatoms. The van der Waals surface area contributed by atoms with Crippen LogP contribution in [0.3, 0.4) is 0 Å². The molecular formula is C8H19IO2Si. The summed E-state index contributed by atoms with van der Waals surface area (Å²) in [7, 11) is 0. The Balaban J connectivity index is 4.04. The van der Waals surface area contributed by atoms with Crippen molar-refractivity contribution in [3.05, 3.63) is 0 Å². The van der Waals surface area contributed by atoms with E-state index in [0.717, 1.165) is 6.04 Å². The van der Waals surface area contributed by atoms with Crippen molar-refractivity contribution in [2.24, 2.45) is 0 Å². The quantitative estimate of drug-likeness (QED) is 0.441. The lowest BCUT2D eigenvalue weighted by Gasteiger charge is -2.27. The summed E-state index contributed by atoms with van der Waals surface area (Å²) in [5, 5.41) is 0. The minimum absolute atomic E-state index is 0.271. The van der Waals surface area contributed by atoms with Crippen molar-refractivity contribution >= 4 is 27.9 Å². The molecule has 0 atom stereocenters. The van der Waals surface area contributed by atoms with Gasteiger partial charge in [-0.05, 0) is 55.5 Å². The monoisotopic (exact) mass is 302 g/mol. The van der Waals surface area contributed by atoms with Crippen LogP contribution in [-0.4, -0.2) is 18.3 Å². The molecule has 0 aliphatic carbocycles. The van der Waals surface area contributed by atoms with Crippen molar-refractivity contribution in [2.75, 3.05) is 0 Å². The SMILES string of the molecule is CC[Si](I)(OC(C)C)OC(C)C. The first-order valence-electron chi connectivity index (χ1n) is 4.44. The van der Waals surface area contributed by atoms with Gasteiger partial charge in [-0.15, -0.1) is 0 Å². The Labute approximate surface area is 89.5 Å². The fourth-order valence-corrected chi connectivity index (χ4v) is 5.75. The number of hydrogen-bond donors (Lipinski definition) is 0. The summed E-state index contributed by atoms with van der Waals surface area (Å²) in [5.41, 5.74) is 0. The molecule has 0 aromatic rings. The second kappa shape index (κ2) is 5.57. The number of hydrogen-bond acceptors (Lipinski definition) is 2. The highest BCUT2D eigenvalue weighted by atomic mass is 127. The molecule has 0 heterocycles. The fraction of sp³-hybridized carbons (Fsp3) is 1.00. The van der Waals surface area contributed by atoms with Crippen LogP contribution in [0.15, 0.2) is 0 Å². The van der Waals surface area contributed by atoms with Gasteiger partial charge in [0.05, 0.1) is 0 Å². The lowest BCUT2D eigenvalue weighted by Crippen LogP contribution is -2.39. The molecule has 0 aromatic carbocycles. The zero-order chi connectivity index (χ0) is 9.78. The molecule has 0 saturated heterocycles. The van der Waals surface area contributed by atoms with Crippen LogP contribution < -0.4 is 0 Å². The van der Waals surface area contributed by atoms with E-state index in [9.17, 15) is 0 Å². The van der Waals surface area contributed by atoms with E-state index < -0.39 is 6.06 Å². The molecule has 0 spiro atoms. The van der Waals surface area contributed by atoms with E-state index in [1.54, 1.807) is 0 Å². The molecule has 0 rings (SSSR count). The van der Waals surface area contributed by atoms with Gasteiger partial charge in [-0.2, -0.15) is 0 Å². The molecule has 0 amide bonds. The van der Waals surface area contributed by atoms with Crippen LogP contribution in [0.2, 0.25) is 6.04 Å². The van der Waals surface area contributed by atoms with Gasteiger partial charge in [-0.25, -0.2) is 0 Å². The van der Waals surface area contributed by atoms with Crippen LogP contribution in [0.25, 0.3) is 0 Å². The van der Waals surface area contributed by atoms with Gasteiger partial charge >= 0.3 is 6.06 Å². The van der Waals surface area contributed by atoms with Crippen molar-refractivity contribution in [3.8, 4) is 0 Å². The van der Waals surface area contributed by atoms with Crippen LogP contribution in [-0.2, 0) is 8.85 Å². The van der Waals surface area contributed by atoms with Crippen LogP contribution in [0.4, 0.5) is 0 Å². The maximum atomic E-state index is 5.80. The van der Waals surface area contributed by atoms with Crippen LogP contribution in [0.1, 0.15) is 34.6 Å². The van der Waals surface area contributed by atoms with Crippen LogP contribution in [0.5, 0.6) is 0 Å². The minimum atomic E-state index is -1.88. The molecule has 0 aromatic heterocycles. The van der Waals surface area contributed by atoms with Crippen molar-refractivity contribution in [1.82, 2.24) is 0 Å². The maximum absolute atomic E-state index is 5.80. The highest BCUT2D eigenvalue weighted by molar-refractivity contribution is 14.1. The van der Waals surface area contributed by atoms with E-state index in [0.29, 0.717) is 0 Å². The molecule has 0 unspecified atom stereocenters. The first kappa shape index (κ1) is 12.9. The van der Waals surface area contributed by atoms with Crippen molar-refractivity contribution in [3.63, 3.8) is 0 Å². The third-order valence-electron chi connectivity index (χ3n) is 1.25.